The van der Waals surface area contributed by atoms with Gasteiger partial charge in [0.05, 0.1) is 0 Å². The van der Waals surface area contributed by atoms with Crippen LogP contribution >= 0.6 is 0 Å². The lowest BCUT2D eigenvalue weighted by Gasteiger charge is -2.69. The highest BCUT2D eigenvalue weighted by molar-refractivity contribution is 5.45. The van der Waals surface area contributed by atoms with Gasteiger partial charge in [0.1, 0.15) is 0 Å². The molecule has 4 aliphatic rings. The third-order valence-corrected chi connectivity index (χ3v) is 5.96. The number of allylic oxidation sites excluding steroid dienone is 2. The first-order chi connectivity index (χ1) is 6.29. The van der Waals surface area contributed by atoms with Crippen LogP contribution in [0.2, 0.25) is 0 Å². The summed E-state index contributed by atoms with van der Waals surface area (Å²) in [4.78, 5) is 0. The molecule has 0 amide bonds. The van der Waals surface area contributed by atoms with Crippen LogP contribution in [-0.4, -0.2) is 0 Å². The van der Waals surface area contributed by atoms with Gasteiger partial charge in [-0.1, -0.05) is 31.9 Å². The molecule has 1 spiro atoms. The molecule has 0 N–H and O–H groups in total. The van der Waals surface area contributed by atoms with Crippen LogP contribution in [0.15, 0.2) is 11.6 Å². The maximum Gasteiger partial charge on any atom is -0.0104 e. The Labute approximate surface area is 80.4 Å². The number of rotatable bonds is 1. The first kappa shape index (κ1) is 7.09. The predicted molar refractivity (Wildman–Crippen MR) is 53.2 cm³/mol. The lowest BCUT2D eigenvalue weighted by Crippen LogP contribution is -2.63. The molecule has 2 bridgehead atoms. The third kappa shape index (κ3) is 0.469. The van der Waals surface area contributed by atoms with Gasteiger partial charge in [-0.15, -0.1) is 0 Å². The fourth-order valence-corrected chi connectivity index (χ4v) is 5.49. The van der Waals surface area contributed by atoms with Crippen LogP contribution in [0, 0.1) is 35.0 Å². The zero-order valence-corrected chi connectivity index (χ0v) is 8.59. The highest BCUT2D eigenvalue weighted by Crippen LogP contribution is 2.82. The third-order valence-electron chi connectivity index (χ3n) is 5.96. The quantitative estimate of drug-likeness (QED) is 0.535. The standard InChI is InChI=1S/C13H18/c1-3-9-5-11-10-4-8-6-13(9,11)12(10)7(8)2/h4,7-9,11-12H,3,5-6H2,1-2H3. The van der Waals surface area contributed by atoms with Gasteiger partial charge in [0.25, 0.3) is 0 Å². The van der Waals surface area contributed by atoms with E-state index in [1.165, 1.54) is 12.8 Å². The molecule has 4 aliphatic carbocycles. The van der Waals surface area contributed by atoms with Gasteiger partial charge in [-0.25, -0.2) is 0 Å². The van der Waals surface area contributed by atoms with E-state index in [1.54, 1.807) is 6.42 Å². The molecule has 0 aliphatic heterocycles. The van der Waals surface area contributed by atoms with Gasteiger partial charge in [0.15, 0.2) is 0 Å². The smallest absolute Gasteiger partial charge is 0.0104 e. The zero-order valence-electron chi connectivity index (χ0n) is 8.59. The molecule has 0 radical (unpaired) electrons. The molecular weight excluding hydrogens is 156 g/mol. The van der Waals surface area contributed by atoms with Crippen molar-refractivity contribution in [2.24, 2.45) is 35.0 Å². The lowest BCUT2D eigenvalue weighted by molar-refractivity contribution is -0.136. The first-order valence-corrected chi connectivity index (χ1v) is 6.00. The van der Waals surface area contributed by atoms with Crippen LogP contribution < -0.4 is 0 Å². The topological polar surface area (TPSA) is 0 Å². The van der Waals surface area contributed by atoms with Crippen molar-refractivity contribution >= 4 is 0 Å². The van der Waals surface area contributed by atoms with Crippen LogP contribution in [0.3, 0.4) is 0 Å². The van der Waals surface area contributed by atoms with Gasteiger partial charge >= 0.3 is 0 Å². The molecule has 0 heteroatoms. The SMILES string of the molecule is CCC1CC2C3=CC4CC12C3C4C. The molecule has 3 fully saturated rings. The van der Waals surface area contributed by atoms with E-state index in [2.05, 4.69) is 19.9 Å². The van der Waals surface area contributed by atoms with Crippen molar-refractivity contribution in [2.45, 2.75) is 33.1 Å². The summed E-state index contributed by atoms with van der Waals surface area (Å²) in [6.45, 7) is 4.89. The average molecular weight is 174 g/mol. The molecule has 0 heterocycles. The van der Waals surface area contributed by atoms with Crippen LogP contribution in [0.25, 0.3) is 0 Å². The summed E-state index contributed by atoms with van der Waals surface area (Å²) in [6.07, 6.45) is 7.19. The fraction of sp³-hybridized carbons (Fsp3) is 0.846. The summed E-state index contributed by atoms with van der Waals surface area (Å²) in [5, 5.41) is 0. The van der Waals surface area contributed by atoms with E-state index < -0.39 is 0 Å². The van der Waals surface area contributed by atoms with Crippen molar-refractivity contribution in [3.8, 4) is 0 Å². The summed E-state index contributed by atoms with van der Waals surface area (Å²) in [6, 6.07) is 0. The Morgan fingerprint density at radius 2 is 2.38 bits per heavy atom. The van der Waals surface area contributed by atoms with E-state index in [0.717, 1.165) is 35.0 Å². The molecule has 6 unspecified atom stereocenters. The molecule has 3 saturated carbocycles. The maximum absolute atomic E-state index is 2.65. The minimum absolute atomic E-state index is 0.864. The van der Waals surface area contributed by atoms with E-state index in [1.807, 2.05) is 5.57 Å². The second-order valence-corrected chi connectivity index (χ2v) is 5.88. The maximum atomic E-state index is 2.65. The molecular formula is C13H18. The molecule has 0 aromatic carbocycles. The highest BCUT2D eigenvalue weighted by Gasteiger charge is 2.75. The van der Waals surface area contributed by atoms with E-state index in [9.17, 15) is 0 Å². The molecule has 0 aromatic heterocycles. The molecule has 6 atom stereocenters. The Kier molecular flexibility index (Phi) is 0.959. The van der Waals surface area contributed by atoms with Gasteiger partial charge in [-0.05, 0) is 47.8 Å². The van der Waals surface area contributed by atoms with Crippen LogP contribution in [0.1, 0.15) is 33.1 Å². The zero-order chi connectivity index (χ0) is 8.79. The van der Waals surface area contributed by atoms with Gasteiger partial charge < -0.3 is 0 Å². The van der Waals surface area contributed by atoms with Crippen LogP contribution in [0.5, 0.6) is 0 Å². The van der Waals surface area contributed by atoms with Crippen molar-refractivity contribution in [1.82, 2.24) is 0 Å². The van der Waals surface area contributed by atoms with Crippen molar-refractivity contribution in [2.75, 3.05) is 0 Å². The van der Waals surface area contributed by atoms with Crippen molar-refractivity contribution in [3.63, 3.8) is 0 Å². The monoisotopic (exact) mass is 174 g/mol. The fourth-order valence-electron chi connectivity index (χ4n) is 5.49. The van der Waals surface area contributed by atoms with Gasteiger partial charge in [-0.3, -0.25) is 0 Å². The largest absolute Gasteiger partial charge is 0.0813 e. The van der Waals surface area contributed by atoms with Gasteiger partial charge in [0.2, 0.25) is 0 Å². The summed E-state index contributed by atoms with van der Waals surface area (Å²) in [5.41, 5.74) is 2.76. The molecule has 0 nitrogen and oxygen atoms in total. The number of hydrogen-bond donors (Lipinski definition) is 0. The Bertz CT molecular complexity index is 314. The normalized spacial score (nSPS) is 65.4. The van der Waals surface area contributed by atoms with E-state index in [0.29, 0.717) is 0 Å². The Balaban J connectivity index is 1.81. The van der Waals surface area contributed by atoms with Crippen molar-refractivity contribution in [1.29, 1.82) is 0 Å². The second-order valence-electron chi connectivity index (χ2n) is 5.88. The minimum atomic E-state index is 0.864. The van der Waals surface area contributed by atoms with Crippen molar-refractivity contribution in [3.05, 3.63) is 11.6 Å². The summed E-state index contributed by atoms with van der Waals surface area (Å²) in [5.74, 6) is 5.24. The molecule has 4 rings (SSSR count). The molecule has 0 aromatic rings. The summed E-state index contributed by atoms with van der Waals surface area (Å²) >= 11 is 0. The Morgan fingerprint density at radius 1 is 1.54 bits per heavy atom. The highest BCUT2D eigenvalue weighted by atomic mass is 14.8. The number of hydrogen-bond acceptors (Lipinski definition) is 0. The van der Waals surface area contributed by atoms with Crippen LogP contribution in [-0.2, 0) is 0 Å². The summed E-state index contributed by atoms with van der Waals surface area (Å²) in [7, 11) is 0. The lowest BCUT2D eigenvalue weighted by atomic mass is 9.34. The minimum Gasteiger partial charge on any atom is -0.0813 e. The van der Waals surface area contributed by atoms with Gasteiger partial charge in [0, 0.05) is 0 Å². The second kappa shape index (κ2) is 1.76. The van der Waals surface area contributed by atoms with E-state index in [4.69, 9.17) is 0 Å². The Morgan fingerprint density at radius 3 is 3.00 bits per heavy atom. The first-order valence-electron chi connectivity index (χ1n) is 6.00. The Hall–Kier alpha value is -0.260. The number of fused-ring (bicyclic) bond motifs is 2. The summed E-state index contributed by atoms with van der Waals surface area (Å²) < 4.78 is 0. The van der Waals surface area contributed by atoms with E-state index in [-0.39, 0.29) is 0 Å². The van der Waals surface area contributed by atoms with Crippen LogP contribution in [0.4, 0.5) is 0 Å². The molecule has 13 heavy (non-hydrogen) atoms. The van der Waals surface area contributed by atoms with E-state index >= 15 is 0 Å². The molecule has 0 saturated heterocycles. The predicted octanol–water partition coefficient (Wildman–Crippen LogP) is 3.24. The average Bonchev–Trinajstić information content (AvgIpc) is 2.55. The van der Waals surface area contributed by atoms with Crippen molar-refractivity contribution < 1.29 is 0 Å². The van der Waals surface area contributed by atoms with Gasteiger partial charge in [-0.2, -0.15) is 0 Å². The molecule has 70 valence electrons.